The van der Waals surface area contributed by atoms with Crippen molar-refractivity contribution in [3.05, 3.63) is 59.1 Å². The van der Waals surface area contributed by atoms with Crippen molar-refractivity contribution in [2.75, 3.05) is 18.1 Å². The molecule has 2 aromatic carbocycles. The zero-order valence-corrected chi connectivity index (χ0v) is 18.7. The summed E-state index contributed by atoms with van der Waals surface area (Å²) in [6.07, 6.45) is 0.798. The van der Waals surface area contributed by atoms with Crippen LogP contribution in [0.5, 0.6) is 0 Å². The summed E-state index contributed by atoms with van der Waals surface area (Å²) < 4.78 is 7.35. The molecule has 0 saturated heterocycles. The molecule has 0 unspecified atom stereocenters. The number of carbonyl (C=O) groups excluding carboxylic acids is 2. The summed E-state index contributed by atoms with van der Waals surface area (Å²) in [5, 5.41) is 0.542. The average molecular weight is 440 g/mol. The highest BCUT2D eigenvalue weighted by molar-refractivity contribution is 6.30. The molecule has 2 atom stereocenters. The second kappa shape index (κ2) is 8.71. The van der Waals surface area contributed by atoms with Gasteiger partial charge in [0.25, 0.3) is 0 Å². The van der Waals surface area contributed by atoms with Crippen LogP contribution < -0.4 is 4.90 Å². The molecule has 1 aliphatic rings. The van der Waals surface area contributed by atoms with Crippen molar-refractivity contribution in [3.63, 3.8) is 0 Å². The topological polar surface area (TPSA) is 64.4 Å². The Hall–Kier alpha value is -2.86. The van der Waals surface area contributed by atoms with Gasteiger partial charge in [-0.1, -0.05) is 49.7 Å². The van der Waals surface area contributed by atoms with Crippen LogP contribution in [0.15, 0.2) is 48.5 Å². The number of halogens is 1. The number of esters is 1. The van der Waals surface area contributed by atoms with Crippen LogP contribution in [0.3, 0.4) is 0 Å². The van der Waals surface area contributed by atoms with E-state index in [4.69, 9.17) is 21.3 Å². The number of nitrogens with zero attached hydrogens (tertiary/aromatic N) is 3. The van der Waals surface area contributed by atoms with Crippen molar-refractivity contribution in [1.82, 2.24) is 9.55 Å². The van der Waals surface area contributed by atoms with Gasteiger partial charge in [0.1, 0.15) is 0 Å². The maximum atomic E-state index is 13.7. The lowest BCUT2D eigenvalue weighted by Gasteiger charge is -2.38. The molecule has 3 aromatic rings. The van der Waals surface area contributed by atoms with Crippen LogP contribution in [-0.2, 0) is 14.3 Å². The lowest BCUT2D eigenvalue weighted by atomic mass is 9.89. The molecule has 6 nitrogen and oxygen atoms in total. The first kappa shape index (κ1) is 21.4. The Kier molecular flexibility index (Phi) is 6.01. The molecular formula is C24H26ClN3O3. The molecule has 1 aromatic heterocycles. The van der Waals surface area contributed by atoms with E-state index >= 15 is 0 Å². The second-order valence-electron chi connectivity index (χ2n) is 8.17. The van der Waals surface area contributed by atoms with Gasteiger partial charge in [0, 0.05) is 11.6 Å². The predicted octanol–water partition coefficient (Wildman–Crippen LogP) is 4.85. The van der Waals surface area contributed by atoms with Crippen molar-refractivity contribution in [2.24, 2.45) is 11.8 Å². The van der Waals surface area contributed by atoms with Crippen molar-refractivity contribution < 1.29 is 14.3 Å². The van der Waals surface area contributed by atoms with Crippen LogP contribution in [0.2, 0.25) is 5.02 Å². The van der Waals surface area contributed by atoms with Crippen LogP contribution in [0.4, 0.5) is 5.95 Å². The zero-order valence-electron chi connectivity index (χ0n) is 17.9. The van der Waals surface area contributed by atoms with E-state index in [-0.39, 0.29) is 12.5 Å². The van der Waals surface area contributed by atoms with Crippen molar-refractivity contribution >= 4 is 40.5 Å². The molecular weight excluding hydrogens is 414 g/mol. The Bertz CT molecular complexity index is 1120. The molecule has 4 rings (SSSR count). The first-order valence-corrected chi connectivity index (χ1v) is 11.0. The largest absolute Gasteiger partial charge is 0.465 e. The molecule has 31 heavy (non-hydrogen) atoms. The fourth-order valence-corrected chi connectivity index (χ4v) is 4.34. The van der Waals surface area contributed by atoms with Crippen LogP contribution in [-0.4, -0.2) is 34.6 Å². The molecule has 7 heteroatoms. The Morgan fingerprint density at radius 2 is 1.97 bits per heavy atom. The maximum Gasteiger partial charge on any atom is 0.321 e. The number of fused-ring (bicyclic) bond motifs is 3. The third kappa shape index (κ3) is 3.92. The van der Waals surface area contributed by atoms with E-state index in [1.165, 1.54) is 0 Å². The van der Waals surface area contributed by atoms with E-state index in [0.29, 0.717) is 23.4 Å². The van der Waals surface area contributed by atoms with Gasteiger partial charge in [-0.15, -0.1) is 0 Å². The number of benzene rings is 2. The number of hydrogen-bond acceptors (Lipinski definition) is 4. The van der Waals surface area contributed by atoms with Crippen molar-refractivity contribution in [2.45, 2.75) is 33.2 Å². The standard InChI is InChI=1S/C24H26ClN3O3/c1-4-31-23(30)20-21(16-8-7-9-17(25)14-16)28-19-11-6-5-10-18(19)26-24(28)27(22(20)29)13-12-15(2)3/h5-11,14-15,20-21H,4,12-13H2,1-3H3/t20-,21-/m1/s1. The molecule has 1 aliphatic heterocycles. The van der Waals surface area contributed by atoms with Crippen LogP contribution in [0.1, 0.15) is 38.8 Å². The molecule has 0 saturated carbocycles. The third-order valence-corrected chi connectivity index (χ3v) is 5.84. The zero-order chi connectivity index (χ0) is 22.1. The number of para-hydroxylation sites is 2. The smallest absolute Gasteiger partial charge is 0.321 e. The minimum absolute atomic E-state index is 0.203. The summed E-state index contributed by atoms with van der Waals surface area (Å²) in [4.78, 5) is 33.2. The van der Waals surface area contributed by atoms with Crippen LogP contribution >= 0.6 is 11.6 Å². The Morgan fingerprint density at radius 1 is 1.19 bits per heavy atom. The molecule has 1 amide bonds. The average Bonchev–Trinajstić information content (AvgIpc) is 3.11. The van der Waals surface area contributed by atoms with Gasteiger partial charge < -0.3 is 9.30 Å². The molecule has 2 heterocycles. The first-order chi connectivity index (χ1) is 14.9. The molecule has 0 fully saturated rings. The Balaban J connectivity index is 1.97. The lowest BCUT2D eigenvalue weighted by Crippen LogP contribution is -2.50. The molecule has 0 spiro atoms. The Labute approximate surface area is 186 Å². The van der Waals surface area contributed by atoms with E-state index in [9.17, 15) is 9.59 Å². The maximum absolute atomic E-state index is 13.7. The normalized spacial score (nSPS) is 18.5. The third-order valence-electron chi connectivity index (χ3n) is 5.61. The van der Waals surface area contributed by atoms with Gasteiger partial charge in [-0.25, -0.2) is 4.98 Å². The highest BCUT2D eigenvalue weighted by Gasteiger charge is 2.47. The number of rotatable bonds is 6. The molecule has 0 bridgehead atoms. The van der Waals surface area contributed by atoms with Crippen LogP contribution in [0.25, 0.3) is 11.0 Å². The van der Waals surface area contributed by atoms with Gasteiger partial charge in [-0.05, 0) is 49.1 Å². The predicted molar refractivity (Wildman–Crippen MR) is 121 cm³/mol. The quantitative estimate of drug-likeness (QED) is 0.406. The van der Waals surface area contributed by atoms with Gasteiger partial charge in [-0.3, -0.25) is 14.5 Å². The SMILES string of the molecule is CCOC(=O)[C@H]1C(=O)N(CCC(C)C)c2nc3ccccc3n2[C@@H]1c1cccc(Cl)c1. The van der Waals surface area contributed by atoms with E-state index in [0.717, 1.165) is 23.0 Å². The highest BCUT2D eigenvalue weighted by atomic mass is 35.5. The summed E-state index contributed by atoms with van der Waals surface area (Å²) >= 11 is 6.28. The lowest BCUT2D eigenvalue weighted by molar-refractivity contribution is -0.153. The second-order valence-corrected chi connectivity index (χ2v) is 8.61. The summed E-state index contributed by atoms with van der Waals surface area (Å²) in [5.74, 6) is -0.882. The summed E-state index contributed by atoms with van der Waals surface area (Å²) in [5.41, 5.74) is 2.40. The number of carbonyl (C=O) groups is 2. The van der Waals surface area contributed by atoms with Gasteiger partial charge in [0.2, 0.25) is 11.9 Å². The Morgan fingerprint density at radius 3 is 2.68 bits per heavy atom. The van der Waals surface area contributed by atoms with Crippen LogP contribution in [0, 0.1) is 11.8 Å². The minimum Gasteiger partial charge on any atom is -0.465 e. The van der Waals surface area contributed by atoms with E-state index in [1.54, 1.807) is 24.0 Å². The summed E-state index contributed by atoms with van der Waals surface area (Å²) in [6.45, 7) is 6.64. The number of imidazole rings is 1. The number of amides is 1. The number of hydrogen-bond donors (Lipinski definition) is 0. The highest BCUT2D eigenvalue weighted by Crippen LogP contribution is 2.41. The number of aromatic nitrogens is 2. The first-order valence-electron chi connectivity index (χ1n) is 10.6. The summed E-state index contributed by atoms with van der Waals surface area (Å²) in [6, 6.07) is 14.4. The molecule has 0 aliphatic carbocycles. The van der Waals surface area contributed by atoms with E-state index in [1.807, 2.05) is 41.0 Å². The van der Waals surface area contributed by atoms with Gasteiger partial charge in [-0.2, -0.15) is 0 Å². The number of anilines is 1. The van der Waals surface area contributed by atoms with Crippen molar-refractivity contribution in [1.29, 1.82) is 0 Å². The molecule has 0 radical (unpaired) electrons. The fraction of sp³-hybridized carbons (Fsp3) is 0.375. The van der Waals surface area contributed by atoms with Gasteiger partial charge in [0.15, 0.2) is 5.92 Å². The number of ether oxygens (including phenoxy) is 1. The summed E-state index contributed by atoms with van der Waals surface area (Å²) in [7, 11) is 0. The molecule has 0 N–H and O–H groups in total. The van der Waals surface area contributed by atoms with Gasteiger partial charge in [0.05, 0.1) is 23.7 Å². The van der Waals surface area contributed by atoms with E-state index in [2.05, 4.69) is 13.8 Å². The van der Waals surface area contributed by atoms with Crippen molar-refractivity contribution in [3.8, 4) is 0 Å². The molecule has 162 valence electrons. The van der Waals surface area contributed by atoms with Gasteiger partial charge >= 0.3 is 5.97 Å². The fourth-order valence-electron chi connectivity index (χ4n) is 4.14. The minimum atomic E-state index is -1.02. The monoisotopic (exact) mass is 439 g/mol. The van der Waals surface area contributed by atoms with E-state index < -0.39 is 17.9 Å².